The largest absolute Gasteiger partial charge is 0.352 e. The molecule has 0 saturated carbocycles. The summed E-state index contributed by atoms with van der Waals surface area (Å²) in [6.07, 6.45) is 7.70. The first-order chi connectivity index (χ1) is 14.7. The van der Waals surface area contributed by atoms with E-state index in [1.165, 1.54) is 29.2 Å². The van der Waals surface area contributed by atoms with Gasteiger partial charge in [-0.2, -0.15) is 0 Å². The molecule has 1 aliphatic heterocycles. The van der Waals surface area contributed by atoms with Crippen LogP contribution in [0.3, 0.4) is 0 Å². The fourth-order valence-electron chi connectivity index (χ4n) is 4.36. The van der Waals surface area contributed by atoms with Gasteiger partial charge in [-0.15, -0.1) is 0 Å². The second kappa shape index (κ2) is 10.1. The number of rotatable bonds is 7. The molecular formula is C25H28ClN3O. The minimum absolute atomic E-state index is 0.105. The molecule has 4 rings (SSSR count). The summed E-state index contributed by atoms with van der Waals surface area (Å²) in [6, 6.07) is 16.2. The lowest BCUT2D eigenvalue weighted by Crippen LogP contribution is -2.35. The molecular weight excluding hydrogens is 394 g/mol. The number of nitrogens with one attached hydrogen (secondary N) is 1. The normalized spacial score (nSPS) is 17.2. The lowest BCUT2D eigenvalue weighted by Gasteiger charge is -2.33. The Balaban J connectivity index is 1.27. The maximum absolute atomic E-state index is 12.3. The summed E-state index contributed by atoms with van der Waals surface area (Å²) in [7, 11) is 0. The van der Waals surface area contributed by atoms with E-state index in [0.717, 1.165) is 31.6 Å². The summed E-state index contributed by atoms with van der Waals surface area (Å²) < 4.78 is 0. The molecule has 5 heteroatoms. The van der Waals surface area contributed by atoms with Crippen LogP contribution in [0.5, 0.6) is 0 Å². The quantitative estimate of drug-likeness (QED) is 0.570. The van der Waals surface area contributed by atoms with Crippen molar-refractivity contribution in [3.63, 3.8) is 0 Å². The van der Waals surface area contributed by atoms with Crippen LogP contribution in [0.4, 0.5) is 0 Å². The van der Waals surface area contributed by atoms with Crippen LogP contribution in [0.15, 0.2) is 60.9 Å². The first-order valence-electron chi connectivity index (χ1n) is 10.7. The molecule has 156 valence electrons. The highest BCUT2D eigenvalue weighted by Gasteiger charge is 2.21. The molecule has 0 bridgehead atoms. The van der Waals surface area contributed by atoms with E-state index in [-0.39, 0.29) is 5.91 Å². The zero-order chi connectivity index (χ0) is 20.8. The average molecular weight is 422 g/mol. The third kappa shape index (κ3) is 5.38. The van der Waals surface area contributed by atoms with Crippen molar-refractivity contribution in [2.75, 3.05) is 13.1 Å². The topological polar surface area (TPSA) is 45.2 Å². The average Bonchev–Trinajstić information content (AvgIpc) is 2.78. The van der Waals surface area contributed by atoms with Crippen molar-refractivity contribution >= 4 is 28.3 Å². The van der Waals surface area contributed by atoms with Gasteiger partial charge in [0.25, 0.3) is 0 Å². The number of carbonyl (C=O) groups excluding carboxylic acids is 1. The summed E-state index contributed by atoms with van der Waals surface area (Å²) in [5, 5.41) is 6.19. The third-order valence-corrected chi connectivity index (χ3v) is 6.35. The van der Waals surface area contributed by atoms with E-state index in [1.807, 2.05) is 36.7 Å². The summed E-state index contributed by atoms with van der Waals surface area (Å²) in [4.78, 5) is 19.1. The number of fused-ring (bicyclic) bond motifs is 1. The number of benzene rings is 2. The zero-order valence-corrected chi connectivity index (χ0v) is 17.9. The summed E-state index contributed by atoms with van der Waals surface area (Å²) in [6.45, 7) is 3.62. The van der Waals surface area contributed by atoms with Crippen molar-refractivity contribution in [1.29, 1.82) is 0 Å². The van der Waals surface area contributed by atoms with Gasteiger partial charge in [0.2, 0.25) is 5.91 Å². The minimum atomic E-state index is 0.105. The predicted octanol–water partition coefficient (Wildman–Crippen LogP) is 5.20. The first kappa shape index (κ1) is 20.8. The van der Waals surface area contributed by atoms with Gasteiger partial charge in [-0.1, -0.05) is 48.0 Å². The molecule has 0 aliphatic carbocycles. The van der Waals surface area contributed by atoms with Gasteiger partial charge in [-0.05, 0) is 60.4 Å². The van der Waals surface area contributed by atoms with E-state index in [0.29, 0.717) is 23.9 Å². The van der Waals surface area contributed by atoms with Gasteiger partial charge in [0.1, 0.15) is 0 Å². The molecule has 1 fully saturated rings. The Morgan fingerprint density at radius 2 is 2.00 bits per heavy atom. The van der Waals surface area contributed by atoms with Crippen LogP contribution in [0.1, 0.15) is 36.8 Å². The van der Waals surface area contributed by atoms with Crippen LogP contribution in [0, 0.1) is 5.92 Å². The van der Waals surface area contributed by atoms with E-state index in [2.05, 4.69) is 39.5 Å². The minimum Gasteiger partial charge on any atom is -0.352 e. The molecule has 2 aromatic carbocycles. The fourth-order valence-corrected chi connectivity index (χ4v) is 4.56. The van der Waals surface area contributed by atoms with Gasteiger partial charge in [0, 0.05) is 48.9 Å². The lowest BCUT2D eigenvalue weighted by molar-refractivity contribution is -0.121. The molecule has 3 aromatic rings. The Bertz CT molecular complexity index is 1000. The second-order valence-electron chi connectivity index (χ2n) is 8.16. The Morgan fingerprint density at radius 1 is 1.13 bits per heavy atom. The Morgan fingerprint density at radius 3 is 2.90 bits per heavy atom. The molecule has 1 saturated heterocycles. The van der Waals surface area contributed by atoms with Gasteiger partial charge in [0.15, 0.2) is 0 Å². The highest BCUT2D eigenvalue weighted by atomic mass is 35.5. The molecule has 4 nitrogen and oxygen atoms in total. The SMILES string of the molecule is O=C(CCC1CCCN(Cc2cccc3cnccc23)C1)NCc1ccccc1Cl. The Kier molecular flexibility index (Phi) is 6.98. The highest BCUT2D eigenvalue weighted by molar-refractivity contribution is 6.31. The maximum Gasteiger partial charge on any atom is 0.220 e. The number of nitrogens with zero attached hydrogens (tertiary/aromatic N) is 2. The van der Waals surface area contributed by atoms with Crippen molar-refractivity contribution < 1.29 is 4.79 Å². The Hall–Kier alpha value is -2.43. The Labute approximate surface area is 183 Å². The second-order valence-corrected chi connectivity index (χ2v) is 8.57. The van der Waals surface area contributed by atoms with Gasteiger partial charge in [0.05, 0.1) is 0 Å². The van der Waals surface area contributed by atoms with Crippen LogP contribution in [-0.2, 0) is 17.9 Å². The van der Waals surface area contributed by atoms with E-state index in [1.54, 1.807) is 0 Å². The van der Waals surface area contributed by atoms with E-state index in [4.69, 9.17) is 11.6 Å². The number of amides is 1. The van der Waals surface area contributed by atoms with Crippen LogP contribution >= 0.6 is 11.6 Å². The molecule has 1 aromatic heterocycles. The molecule has 1 atom stereocenters. The summed E-state index contributed by atoms with van der Waals surface area (Å²) in [5.74, 6) is 0.676. The van der Waals surface area contributed by atoms with Crippen molar-refractivity contribution in [2.45, 2.75) is 38.8 Å². The van der Waals surface area contributed by atoms with Crippen LogP contribution in [-0.4, -0.2) is 28.9 Å². The molecule has 1 aliphatic rings. The van der Waals surface area contributed by atoms with Crippen LogP contribution < -0.4 is 5.32 Å². The number of aromatic nitrogens is 1. The molecule has 1 unspecified atom stereocenters. The number of pyridine rings is 1. The molecule has 2 heterocycles. The number of halogens is 1. The maximum atomic E-state index is 12.3. The van der Waals surface area contributed by atoms with Crippen LogP contribution in [0.25, 0.3) is 10.8 Å². The van der Waals surface area contributed by atoms with Crippen molar-refractivity contribution in [1.82, 2.24) is 15.2 Å². The van der Waals surface area contributed by atoms with Gasteiger partial charge in [-0.3, -0.25) is 14.7 Å². The van der Waals surface area contributed by atoms with E-state index >= 15 is 0 Å². The number of hydrogen-bond donors (Lipinski definition) is 1. The number of hydrogen-bond acceptors (Lipinski definition) is 3. The van der Waals surface area contributed by atoms with Crippen molar-refractivity contribution in [3.05, 3.63) is 77.1 Å². The van der Waals surface area contributed by atoms with Gasteiger partial charge in [-0.25, -0.2) is 0 Å². The molecule has 30 heavy (non-hydrogen) atoms. The third-order valence-electron chi connectivity index (χ3n) is 5.98. The lowest BCUT2D eigenvalue weighted by atomic mass is 9.92. The van der Waals surface area contributed by atoms with Gasteiger partial charge < -0.3 is 5.32 Å². The van der Waals surface area contributed by atoms with Crippen LogP contribution in [0.2, 0.25) is 5.02 Å². The number of piperidine rings is 1. The van der Waals surface area contributed by atoms with Crippen molar-refractivity contribution in [3.8, 4) is 0 Å². The number of carbonyl (C=O) groups is 1. The predicted molar refractivity (Wildman–Crippen MR) is 122 cm³/mol. The summed E-state index contributed by atoms with van der Waals surface area (Å²) in [5.41, 5.74) is 2.31. The molecule has 0 spiro atoms. The van der Waals surface area contributed by atoms with Gasteiger partial charge >= 0.3 is 0 Å². The first-order valence-corrected chi connectivity index (χ1v) is 11.1. The van der Waals surface area contributed by atoms with Crippen molar-refractivity contribution in [2.24, 2.45) is 5.92 Å². The zero-order valence-electron chi connectivity index (χ0n) is 17.2. The fraction of sp³-hybridized carbons (Fsp3) is 0.360. The monoisotopic (exact) mass is 421 g/mol. The highest BCUT2D eigenvalue weighted by Crippen LogP contribution is 2.25. The smallest absolute Gasteiger partial charge is 0.220 e. The van der Waals surface area contributed by atoms with E-state index in [9.17, 15) is 4.79 Å². The molecule has 0 radical (unpaired) electrons. The van der Waals surface area contributed by atoms with E-state index < -0.39 is 0 Å². The summed E-state index contributed by atoms with van der Waals surface area (Å²) >= 11 is 6.17. The number of likely N-dealkylation sites (tertiary alicyclic amines) is 1. The molecule has 1 amide bonds. The standard InChI is InChI=1S/C25H28ClN3O/c26-24-9-2-1-6-21(24)16-28-25(30)11-10-19-5-4-14-29(17-19)18-22-8-3-7-20-15-27-13-12-23(20)22/h1-3,6-9,12-13,15,19H,4-5,10-11,14,16-18H2,(H,28,30). The molecule has 1 N–H and O–H groups in total.